The Hall–Kier alpha value is -1.88. The van der Waals surface area contributed by atoms with Crippen LogP contribution in [0.2, 0.25) is 0 Å². The standard InChI is InChI=1S/C16H21N3O2/c1-3-11-6-7-12-13(9-11)18-15(17-12)10(2)19-8-4-5-14(19)16(20)21/h6-7,9-10,14H,3-5,8H2,1-2H3,(H,17,18)(H,20,21). The first-order chi connectivity index (χ1) is 10.1. The third-order valence-electron chi connectivity index (χ3n) is 4.45. The van der Waals surface area contributed by atoms with E-state index in [-0.39, 0.29) is 12.1 Å². The summed E-state index contributed by atoms with van der Waals surface area (Å²) < 4.78 is 0. The van der Waals surface area contributed by atoms with Crippen molar-refractivity contribution in [2.24, 2.45) is 0 Å². The number of aryl methyl sites for hydroxylation is 1. The highest BCUT2D eigenvalue weighted by Crippen LogP contribution is 2.29. The molecule has 1 aliphatic rings. The lowest BCUT2D eigenvalue weighted by Crippen LogP contribution is -2.38. The minimum atomic E-state index is -0.733. The van der Waals surface area contributed by atoms with Gasteiger partial charge in [0.25, 0.3) is 0 Å². The number of benzene rings is 1. The van der Waals surface area contributed by atoms with Gasteiger partial charge in [0.15, 0.2) is 0 Å². The summed E-state index contributed by atoms with van der Waals surface area (Å²) in [4.78, 5) is 21.4. The number of carboxylic acid groups (broad SMARTS) is 1. The maximum Gasteiger partial charge on any atom is 0.320 e. The van der Waals surface area contributed by atoms with Crippen LogP contribution in [0.5, 0.6) is 0 Å². The number of carboxylic acids is 1. The van der Waals surface area contributed by atoms with Gasteiger partial charge in [-0.05, 0) is 50.4 Å². The predicted octanol–water partition coefficient (Wildman–Crippen LogP) is 2.74. The van der Waals surface area contributed by atoms with Crippen molar-refractivity contribution in [3.63, 3.8) is 0 Å². The lowest BCUT2D eigenvalue weighted by atomic mass is 10.1. The van der Waals surface area contributed by atoms with Gasteiger partial charge in [-0.3, -0.25) is 9.69 Å². The van der Waals surface area contributed by atoms with Gasteiger partial charge in [-0.15, -0.1) is 0 Å². The minimum absolute atomic E-state index is 0.00826. The molecule has 0 amide bonds. The van der Waals surface area contributed by atoms with Gasteiger partial charge in [0.2, 0.25) is 0 Å². The first-order valence-corrected chi connectivity index (χ1v) is 7.57. The monoisotopic (exact) mass is 287 g/mol. The van der Waals surface area contributed by atoms with Crippen LogP contribution >= 0.6 is 0 Å². The fourth-order valence-corrected chi connectivity index (χ4v) is 3.17. The summed E-state index contributed by atoms with van der Waals surface area (Å²) >= 11 is 0. The minimum Gasteiger partial charge on any atom is -0.480 e. The number of H-pyrrole nitrogens is 1. The van der Waals surface area contributed by atoms with Crippen LogP contribution in [-0.4, -0.2) is 38.5 Å². The molecule has 21 heavy (non-hydrogen) atoms. The Labute approximate surface area is 124 Å². The number of hydrogen-bond acceptors (Lipinski definition) is 3. The molecule has 0 saturated carbocycles. The van der Waals surface area contributed by atoms with Crippen LogP contribution in [0, 0.1) is 0 Å². The van der Waals surface area contributed by atoms with Crippen molar-refractivity contribution in [2.75, 3.05) is 6.54 Å². The van der Waals surface area contributed by atoms with Gasteiger partial charge < -0.3 is 10.1 Å². The molecule has 1 aromatic heterocycles. The smallest absolute Gasteiger partial charge is 0.320 e. The predicted molar refractivity (Wildman–Crippen MR) is 81.3 cm³/mol. The highest BCUT2D eigenvalue weighted by molar-refractivity contribution is 5.76. The lowest BCUT2D eigenvalue weighted by molar-refractivity contribution is -0.142. The van der Waals surface area contributed by atoms with E-state index < -0.39 is 5.97 Å². The van der Waals surface area contributed by atoms with Crippen LogP contribution in [0.15, 0.2) is 18.2 Å². The van der Waals surface area contributed by atoms with Crippen molar-refractivity contribution in [1.29, 1.82) is 0 Å². The van der Waals surface area contributed by atoms with Gasteiger partial charge >= 0.3 is 5.97 Å². The van der Waals surface area contributed by atoms with E-state index in [2.05, 4.69) is 29.0 Å². The maximum absolute atomic E-state index is 11.3. The molecule has 0 spiro atoms. The maximum atomic E-state index is 11.3. The molecule has 1 aromatic carbocycles. The molecular weight excluding hydrogens is 266 g/mol. The van der Waals surface area contributed by atoms with E-state index in [1.807, 2.05) is 17.9 Å². The summed E-state index contributed by atoms with van der Waals surface area (Å²) in [5.41, 5.74) is 3.25. The van der Waals surface area contributed by atoms with Crippen molar-refractivity contribution in [3.05, 3.63) is 29.6 Å². The van der Waals surface area contributed by atoms with E-state index >= 15 is 0 Å². The molecule has 1 saturated heterocycles. The van der Waals surface area contributed by atoms with Crippen molar-refractivity contribution >= 4 is 17.0 Å². The summed E-state index contributed by atoms with van der Waals surface area (Å²) in [6.45, 7) is 4.97. The van der Waals surface area contributed by atoms with E-state index in [1.54, 1.807) is 0 Å². The zero-order valence-corrected chi connectivity index (χ0v) is 12.5. The summed E-state index contributed by atoms with van der Waals surface area (Å²) in [6, 6.07) is 5.84. The quantitative estimate of drug-likeness (QED) is 0.907. The number of nitrogens with zero attached hydrogens (tertiary/aromatic N) is 2. The number of aliphatic carboxylic acids is 1. The molecule has 2 aromatic rings. The number of imidazole rings is 1. The average molecular weight is 287 g/mol. The first kappa shape index (κ1) is 14.1. The second kappa shape index (κ2) is 5.48. The van der Waals surface area contributed by atoms with Gasteiger partial charge in [0.1, 0.15) is 11.9 Å². The second-order valence-corrected chi connectivity index (χ2v) is 5.74. The Kier molecular flexibility index (Phi) is 3.68. The van der Waals surface area contributed by atoms with E-state index in [0.717, 1.165) is 42.7 Å². The Balaban J connectivity index is 1.90. The molecule has 1 aliphatic heterocycles. The van der Waals surface area contributed by atoms with Crippen LogP contribution in [-0.2, 0) is 11.2 Å². The van der Waals surface area contributed by atoms with Crippen molar-refractivity contribution < 1.29 is 9.90 Å². The van der Waals surface area contributed by atoms with Crippen molar-refractivity contribution in [3.8, 4) is 0 Å². The normalized spacial score (nSPS) is 21.0. The first-order valence-electron chi connectivity index (χ1n) is 7.57. The molecule has 5 nitrogen and oxygen atoms in total. The zero-order chi connectivity index (χ0) is 15.0. The third kappa shape index (κ3) is 2.53. The fraction of sp³-hybridized carbons (Fsp3) is 0.500. The summed E-state index contributed by atoms with van der Waals surface area (Å²) in [7, 11) is 0. The summed E-state index contributed by atoms with van der Waals surface area (Å²) in [5, 5.41) is 9.32. The Morgan fingerprint density at radius 1 is 1.57 bits per heavy atom. The van der Waals surface area contributed by atoms with Crippen LogP contribution in [0.1, 0.15) is 44.1 Å². The molecule has 0 aliphatic carbocycles. The fourth-order valence-electron chi connectivity index (χ4n) is 3.17. The Bertz CT molecular complexity index is 665. The Morgan fingerprint density at radius 2 is 2.38 bits per heavy atom. The molecule has 3 rings (SSSR count). The topological polar surface area (TPSA) is 69.2 Å². The molecule has 2 unspecified atom stereocenters. The molecule has 0 radical (unpaired) electrons. The molecule has 2 N–H and O–H groups in total. The molecular formula is C16H21N3O2. The van der Waals surface area contributed by atoms with E-state index in [1.165, 1.54) is 5.56 Å². The number of fused-ring (bicyclic) bond motifs is 1. The average Bonchev–Trinajstić information content (AvgIpc) is 3.12. The van der Waals surface area contributed by atoms with Gasteiger partial charge in [0, 0.05) is 0 Å². The number of nitrogens with one attached hydrogen (secondary N) is 1. The SMILES string of the molecule is CCc1ccc2nc(C(C)N3CCCC3C(=O)O)[nH]c2c1. The van der Waals surface area contributed by atoms with Crippen LogP contribution in [0.3, 0.4) is 0 Å². The van der Waals surface area contributed by atoms with E-state index in [9.17, 15) is 9.90 Å². The number of aromatic amines is 1. The largest absolute Gasteiger partial charge is 0.480 e. The summed E-state index contributed by atoms with van der Waals surface area (Å²) in [5.74, 6) is 0.120. The third-order valence-corrected chi connectivity index (χ3v) is 4.45. The number of aromatic nitrogens is 2. The molecule has 5 heteroatoms. The molecule has 0 bridgehead atoms. The van der Waals surface area contributed by atoms with Crippen molar-refractivity contribution in [1.82, 2.24) is 14.9 Å². The van der Waals surface area contributed by atoms with Gasteiger partial charge in [-0.2, -0.15) is 0 Å². The van der Waals surface area contributed by atoms with Crippen LogP contribution < -0.4 is 0 Å². The van der Waals surface area contributed by atoms with E-state index in [0.29, 0.717) is 0 Å². The van der Waals surface area contributed by atoms with Crippen molar-refractivity contribution in [2.45, 2.75) is 45.2 Å². The number of rotatable bonds is 4. The van der Waals surface area contributed by atoms with Gasteiger partial charge in [0.05, 0.1) is 17.1 Å². The van der Waals surface area contributed by atoms with Gasteiger partial charge in [-0.25, -0.2) is 4.98 Å². The number of carbonyl (C=O) groups is 1. The zero-order valence-electron chi connectivity index (χ0n) is 12.5. The van der Waals surface area contributed by atoms with Gasteiger partial charge in [-0.1, -0.05) is 13.0 Å². The molecule has 2 atom stereocenters. The summed E-state index contributed by atoms with van der Waals surface area (Å²) in [6.07, 6.45) is 2.65. The molecule has 2 heterocycles. The Morgan fingerprint density at radius 3 is 3.10 bits per heavy atom. The van der Waals surface area contributed by atoms with Crippen LogP contribution in [0.4, 0.5) is 0 Å². The molecule has 1 fully saturated rings. The number of likely N-dealkylation sites (tertiary alicyclic amines) is 1. The number of hydrogen-bond donors (Lipinski definition) is 2. The highest BCUT2D eigenvalue weighted by Gasteiger charge is 2.35. The molecule has 112 valence electrons. The second-order valence-electron chi connectivity index (χ2n) is 5.74. The highest BCUT2D eigenvalue weighted by atomic mass is 16.4. The van der Waals surface area contributed by atoms with Crippen LogP contribution in [0.25, 0.3) is 11.0 Å². The lowest BCUT2D eigenvalue weighted by Gasteiger charge is -2.26. The van der Waals surface area contributed by atoms with E-state index in [4.69, 9.17) is 0 Å².